The number of allylic oxidation sites excluding steroid dienone is 1. The molecule has 0 aromatic heterocycles. The highest BCUT2D eigenvalue weighted by Gasteiger charge is 2.25. The Hall–Kier alpha value is -1.18. The predicted molar refractivity (Wildman–Crippen MR) is 61.9 cm³/mol. The van der Waals surface area contributed by atoms with Crippen LogP contribution in [0, 0.1) is 0 Å². The van der Waals surface area contributed by atoms with Gasteiger partial charge in [-0.25, -0.2) is 0 Å². The molecule has 1 heterocycles. The summed E-state index contributed by atoms with van der Waals surface area (Å²) in [6.07, 6.45) is 1.91. The molecule has 2 nitrogen and oxygen atoms in total. The van der Waals surface area contributed by atoms with Crippen molar-refractivity contribution in [2.45, 2.75) is 19.9 Å². The van der Waals surface area contributed by atoms with E-state index in [1.807, 2.05) is 6.20 Å². The maximum atomic E-state index is 4.04. The van der Waals surface area contributed by atoms with E-state index in [1.54, 1.807) is 0 Å². The summed E-state index contributed by atoms with van der Waals surface area (Å²) in [5.41, 5.74) is 2.32. The van der Waals surface area contributed by atoms with Crippen LogP contribution >= 0.6 is 0 Å². The summed E-state index contributed by atoms with van der Waals surface area (Å²) in [5, 5.41) is 0. The van der Waals surface area contributed by atoms with Crippen molar-refractivity contribution in [3.63, 3.8) is 0 Å². The van der Waals surface area contributed by atoms with Gasteiger partial charge in [0.2, 0.25) is 0 Å². The molecular weight excluding hydrogens is 172 g/mol. The first kappa shape index (κ1) is 10.9. The molecule has 0 aromatic rings. The zero-order valence-electron chi connectivity index (χ0n) is 9.29. The van der Waals surface area contributed by atoms with Gasteiger partial charge >= 0.3 is 0 Å². The van der Waals surface area contributed by atoms with E-state index in [0.717, 1.165) is 25.3 Å². The van der Waals surface area contributed by atoms with E-state index >= 15 is 0 Å². The average molecular weight is 192 g/mol. The van der Waals surface area contributed by atoms with Crippen molar-refractivity contribution in [1.29, 1.82) is 0 Å². The lowest BCUT2D eigenvalue weighted by molar-refractivity contribution is 0.157. The molecule has 0 bridgehead atoms. The molecule has 1 rings (SSSR count). The Morgan fingerprint density at radius 1 is 1.29 bits per heavy atom. The third-order valence-corrected chi connectivity index (χ3v) is 2.73. The molecule has 1 fully saturated rings. The van der Waals surface area contributed by atoms with Gasteiger partial charge in [0.1, 0.15) is 0 Å². The Labute approximate surface area is 87.2 Å². The number of nitrogens with zero attached hydrogens (tertiary/aromatic N) is 2. The van der Waals surface area contributed by atoms with Gasteiger partial charge < -0.3 is 9.80 Å². The van der Waals surface area contributed by atoms with Crippen molar-refractivity contribution >= 4 is 0 Å². The first-order valence-corrected chi connectivity index (χ1v) is 5.00. The van der Waals surface area contributed by atoms with Gasteiger partial charge in [-0.15, -0.1) is 0 Å². The fourth-order valence-corrected chi connectivity index (χ4v) is 1.85. The quantitative estimate of drug-likeness (QED) is 0.633. The third kappa shape index (κ3) is 2.19. The largest absolute Gasteiger partial charge is 0.374 e. The molecule has 14 heavy (non-hydrogen) atoms. The van der Waals surface area contributed by atoms with Gasteiger partial charge in [-0.05, 0) is 20.0 Å². The molecule has 0 aromatic carbocycles. The maximum absolute atomic E-state index is 4.04. The van der Waals surface area contributed by atoms with Gasteiger partial charge in [0.15, 0.2) is 0 Å². The summed E-state index contributed by atoms with van der Waals surface area (Å²) in [6.45, 7) is 19.0. The van der Waals surface area contributed by atoms with E-state index in [9.17, 15) is 0 Å². The van der Waals surface area contributed by atoms with E-state index < -0.39 is 0 Å². The van der Waals surface area contributed by atoms with Gasteiger partial charge in [-0.2, -0.15) is 0 Å². The molecule has 1 aliphatic rings. The fraction of sp³-hybridized carbons (Fsp3) is 0.500. The van der Waals surface area contributed by atoms with E-state index in [0.29, 0.717) is 6.04 Å². The van der Waals surface area contributed by atoms with Crippen molar-refractivity contribution in [3.8, 4) is 0 Å². The molecular formula is C12H20N2. The normalized spacial score (nSPS) is 22.0. The predicted octanol–water partition coefficient (Wildman–Crippen LogP) is 2.23. The summed E-state index contributed by atoms with van der Waals surface area (Å²) >= 11 is 0. The van der Waals surface area contributed by atoms with Crippen molar-refractivity contribution < 1.29 is 0 Å². The molecule has 1 unspecified atom stereocenters. The number of hydrogen-bond acceptors (Lipinski definition) is 2. The van der Waals surface area contributed by atoms with Crippen LogP contribution in [0.15, 0.2) is 37.2 Å². The molecule has 1 aliphatic heterocycles. The highest BCUT2D eigenvalue weighted by Crippen LogP contribution is 2.19. The van der Waals surface area contributed by atoms with Gasteiger partial charge in [0.05, 0.1) is 6.04 Å². The zero-order chi connectivity index (χ0) is 10.7. The van der Waals surface area contributed by atoms with E-state index in [4.69, 9.17) is 0 Å². The second-order valence-corrected chi connectivity index (χ2v) is 3.97. The van der Waals surface area contributed by atoms with Crippen LogP contribution in [0.5, 0.6) is 0 Å². The SMILES string of the molecule is C=CN1CCN(C(=C)C)C(C(=C)C)C1. The van der Waals surface area contributed by atoms with Gasteiger partial charge in [-0.3, -0.25) is 0 Å². The fourth-order valence-electron chi connectivity index (χ4n) is 1.85. The Morgan fingerprint density at radius 3 is 2.36 bits per heavy atom. The highest BCUT2D eigenvalue weighted by molar-refractivity contribution is 5.11. The molecule has 0 N–H and O–H groups in total. The molecule has 0 spiro atoms. The number of piperazine rings is 1. The van der Waals surface area contributed by atoms with Crippen LogP contribution in [0.25, 0.3) is 0 Å². The standard InChI is InChI=1S/C12H20N2/c1-6-13-7-8-14(11(4)5)12(9-13)10(2)3/h6,12H,1-2,4,7-9H2,3,5H3. The molecule has 0 saturated carbocycles. The monoisotopic (exact) mass is 192 g/mol. The molecule has 0 amide bonds. The van der Waals surface area contributed by atoms with E-state index in [-0.39, 0.29) is 0 Å². The Morgan fingerprint density at radius 2 is 1.93 bits per heavy atom. The summed E-state index contributed by atoms with van der Waals surface area (Å²) in [7, 11) is 0. The topological polar surface area (TPSA) is 6.48 Å². The lowest BCUT2D eigenvalue weighted by Crippen LogP contribution is -2.50. The Kier molecular flexibility index (Phi) is 3.39. The lowest BCUT2D eigenvalue weighted by atomic mass is 10.1. The molecule has 1 atom stereocenters. The first-order valence-electron chi connectivity index (χ1n) is 5.00. The van der Waals surface area contributed by atoms with Crippen molar-refractivity contribution in [3.05, 3.63) is 37.2 Å². The molecule has 2 heteroatoms. The van der Waals surface area contributed by atoms with E-state index in [1.165, 1.54) is 5.57 Å². The highest BCUT2D eigenvalue weighted by atomic mass is 15.3. The Balaban J connectivity index is 2.75. The maximum Gasteiger partial charge on any atom is 0.0669 e. The molecule has 0 radical (unpaired) electrons. The minimum absolute atomic E-state index is 0.388. The van der Waals surface area contributed by atoms with Crippen LogP contribution in [0.1, 0.15) is 13.8 Å². The number of rotatable bonds is 3. The number of hydrogen-bond donors (Lipinski definition) is 0. The molecule has 78 valence electrons. The summed E-state index contributed by atoms with van der Waals surface area (Å²) in [6, 6.07) is 0.388. The van der Waals surface area contributed by atoms with Crippen LogP contribution in [-0.4, -0.2) is 35.5 Å². The lowest BCUT2D eigenvalue weighted by Gasteiger charge is -2.43. The third-order valence-electron chi connectivity index (χ3n) is 2.73. The van der Waals surface area contributed by atoms with Crippen molar-refractivity contribution in [2.24, 2.45) is 0 Å². The first-order chi connectivity index (χ1) is 6.56. The van der Waals surface area contributed by atoms with E-state index in [2.05, 4.69) is 43.4 Å². The van der Waals surface area contributed by atoms with Gasteiger partial charge in [0, 0.05) is 25.3 Å². The minimum atomic E-state index is 0.388. The molecule has 0 aliphatic carbocycles. The van der Waals surface area contributed by atoms with Gasteiger partial charge in [0.25, 0.3) is 0 Å². The van der Waals surface area contributed by atoms with Crippen LogP contribution in [0.3, 0.4) is 0 Å². The van der Waals surface area contributed by atoms with Crippen molar-refractivity contribution in [2.75, 3.05) is 19.6 Å². The van der Waals surface area contributed by atoms with Crippen molar-refractivity contribution in [1.82, 2.24) is 9.80 Å². The van der Waals surface area contributed by atoms with Crippen LogP contribution in [0.2, 0.25) is 0 Å². The van der Waals surface area contributed by atoms with Crippen LogP contribution in [0.4, 0.5) is 0 Å². The summed E-state index contributed by atoms with van der Waals surface area (Å²) in [4.78, 5) is 4.56. The zero-order valence-corrected chi connectivity index (χ0v) is 9.29. The second kappa shape index (κ2) is 4.36. The van der Waals surface area contributed by atoms with Gasteiger partial charge in [-0.1, -0.05) is 25.3 Å². The Bertz CT molecular complexity index is 255. The van der Waals surface area contributed by atoms with Crippen LogP contribution < -0.4 is 0 Å². The summed E-state index contributed by atoms with van der Waals surface area (Å²) < 4.78 is 0. The summed E-state index contributed by atoms with van der Waals surface area (Å²) in [5.74, 6) is 0. The van der Waals surface area contributed by atoms with Crippen LogP contribution in [-0.2, 0) is 0 Å². The average Bonchev–Trinajstić information content (AvgIpc) is 2.16. The smallest absolute Gasteiger partial charge is 0.0669 e. The minimum Gasteiger partial charge on any atom is -0.374 e. The second-order valence-electron chi connectivity index (χ2n) is 3.97. The molecule has 1 saturated heterocycles.